The molecular weight excluding hydrogens is 242 g/mol. The monoisotopic (exact) mass is 263 g/mol. The number of hydrogen-bond acceptors (Lipinski definition) is 5. The molecule has 2 saturated heterocycles. The summed E-state index contributed by atoms with van der Waals surface area (Å²) < 4.78 is 11.3. The number of nitrogens with zero attached hydrogens (tertiary/aromatic N) is 2. The van der Waals surface area contributed by atoms with Crippen LogP contribution < -0.4 is 5.32 Å². The number of aromatic nitrogens is 2. The average Bonchev–Trinajstić information content (AvgIpc) is 2.87. The third-order valence-electron chi connectivity index (χ3n) is 4.73. The Morgan fingerprint density at radius 1 is 1.37 bits per heavy atom. The van der Waals surface area contributed by atoms with Gasteiger partial charge in [-0.25, -0.2) is 0 Å². The van der Waals surface area contributed by atoms with Crippen LogP contribution in [0.25, 0.3) is 0 Å². The molecule has 3 heterocycles. The third-order valence-corrected chi connectivity index (χ3v) is 4.73. The van der Waals surface area contributed by atoms with Crippen molar-refractivity contribution in [3.8, 4) is 0 Å². The van der Waals surface area contributed by atoms with E-state index in [1.165, 1.54) is 25.7 Å². The molecule has 1 aromatic rings. The van der Waals surface area contributed by atoms with E-state index in [2.05, 4.69) is 15.5 Å². The van der Waals surface area contributed by atoms with Crippen molar-refractivity contribution in [1.29, 1.82) is 0 Å². The Labute approximate surface area is 113 Å². The van der Waals surface area contributed by atoms with Crippen molar-refractivity contribution in [2.24, 2.45) is 5.92 Å². The zero-order valence-electron chi connectivity index (χ0n) is 11.3. The van der Waals surface area contributed by atoms with E-state index >= 15 is 0 Å². The van der Waals surface area contributed by atoms with E-state index < -0.39 is 0 Å². The van der Waals surface area contributed by atoms with Crippen molar-refractivity contribution in [3.63, 3.8) is 0 Å². The van der Waals surface area contributed by atoms with Crippen molar-refractivity contribution < 1.29 is 9.26 Å². The van der Waals surface area contributed by atoms with E-state index in [-0.39, 0.29) is 6.10 Å². The molecule has 4 unspecified atom stereocenters. The first-order valence-corrected chi connectivity index (χ1v) is 7.56. The second-order valence-corrected chi connectivity index (χ2v) is 6.09. The molecule has 2 bridgehead atoms. The second kappa shape index (κ2) is 4.56. The minimum absolute atomic E-state index is 0.0500. The minimum Gasteiger partial charge on any atom is -0.370 e. The topological polar surface area (TPSA) is 60.2 Å². The quantitative estimate of drug-likeness (QED) is 0.882. The van der Waals surface area contributed by atoms with E-state index in [0.29, 0.717) is 30.5 Å². The van der Waals surface area contributed by atoms with Crippen LogP contribution in [-0.2, 0) is 4.74 Å². The van der Waals surface area contributed by atoms with E-state index in [1.807, 2.05) is 6.92 Å². The normalized spacial score (nSPS) is 34.9. The Morgan fingerprint density at radius 2 is 2.26 bits per heavy atom. The molecule has 4 rings (SSSR count). The van der Waals surface area contributed by atoms with Crippen LogP contribution in [0.15, 0.2) is 4.52 Å². The molecule has 0 radical (unpaired) electrons. The summed E-state index contributed by atoms with van der Waals surface area (Å²) in [5, 5.41) is 7.80. The fraction of sp³-hybridized carbons (Fsp3) is 0.857. The maximum absolute atomic E-state index is 5.79. The fourth-order valence-corrected chi connectivity index (χ4v) is 3.61. The predicted octanol–water partition coefficient (Wildman–Crippen LogP) is 2.17. The van der Waals surface area contributed by atoms with Gasteiger partial charge in [-0.3, -0.25) is 0 Å². The van der Waals surface area contributed by atoms with Gasteiger partial charge in [0, 0.05) is 18.7 Å². The van der Waals surface area contributed by atoms with Crippen molar-refractivity contribution in [1.82, 2.24) is 15.5 Å². The third kappa shape index (κ3) is 2.09. The Kier molecular flexibility index (Phi) is 2.84. The highest BCUT2D eigenvalue weighted by Gasteiger charge is 2.43. The largest absolute Gasteiger partial charge is 0.370 e. The molecule has 104 valence electrons. The molecule has 2 aliphatic heterocycles. The van der Waals surface area contributed by atoms with Gasteiger partial charge in [0.1, 0.15) is 6.10 Å². The molecule has 1 aromatic heterocycles. The lowest BCUT2D eigenvalue weighted by atomic mass is 9.89. The molecule has 3 aliphatic rings. The molecule has 1 aliphatic carbocycles. The molecule has 0 aromatic carbocycles. The van der Waals surface area contributed by atoms with Gasteiger partial charge in [-0.05, 0) is 44.9 Å². The zero-order valence-corrected chi connectivity index (χ0v) is 11.3. The first-order chi connectivity index (χ1) is 9.35. The van der Waals surface area contributed by atoms with Crippen molar-refractivity contribution in [2.45, 2.75) is 63.1 Å². The molecule has 19 heavy (non-hydrogen) atoms. The van der Waals surface area contributed by atoms with E-state index in [9.17, 15) is 0 Å². The van der Waals surface area contributed by atoms with Gasteiger partial charge in [0.2, 0.25) is 11.7 Å². The van der Waals surface area contributed by atoms with Crippen LogP contribution in [0.3, 0.4) is 0 Å². The minimum atomic E-state index is 0.0500. The summed E-state index contributed by atoms with van der Waals surface area (Å²) in [6.07, 6.45) is 6.19. The number of nitrogens with one attached hydrogen (secondary N) is 1. The van der Waals surface area contributed by atoms with Gasteiger partial charge in [-0.1, -0.05) is 5.16 Å². The first-order valence-electron chi connectivity index (χ1n) is 7.56. The summed E-state index contributed by atoms with van der Waals surface area (Å²) in [6.45, 7) is 2.73. The Bertz CT molecular complexity index is 441. The van der Waals surface area contributed by atoms with Crippen molar-refractivity contribution in [3.05, 3.63) is 11.7 Å². The summed E-state index contributed by atoms with van der Waals surface area (Å²) in [5.74, 6) is 2.60. The van der Waals surface area contributed by atoms with E-state index in [4.69, 9.17) is 9.26 Å². The number of fused-ring (bicyclic) bond motifs is 2. The summed E-state index contributed by atoms with van der Waals surface area (Å²) in [6, 6.07) is 1.21. The number of hydrogen-bond donors (Lipinski definition) is 1. The molecule has 0 spiro atoms. The highest BCUT2D eigenvalue weighted by Crippen LogP contribution is 2.44. The van der Waals surface area contributed by atoms with Gasteiger partial charge in [-0.2, -0.15) is 4.98 Å². The summed E-state index contributed by atoms with van der Waals surface area (Å²) in [4.78, 5) is 4.65. The van der Waals surface area contributed by atoms with Crippen molar-refractivity contribution in [2.75, 3.05) is 6.61 Å². The van der Waals surface area contributed by atoms with Crippen LogP contribution in [0.2, 0.25) is 0 Å². The Morgan fingerprint density at radius 3 is 2.89 bits per heavy atom. The summed E-state index contributed by atoms with van der Waals surface area (Å²) in [7, 11) is 0. The Balaban J connectivity index is 1.52. The Hall–Kier alpha value is -0.940. The van der Waals surface area contributed by atoms with Gasteiger partial charge in [-0.15, -0.1) is 0 Å². The lowest BCUT2D eigenvalue weighted by molar-refractivity contribution is 0.0384. The summed E-state index contributed by atoms with van der Waals surface area (Å²) >= 11 is 0. The van der Waals surface area contributed by atoms with Gasteiger partial charge in [0.05, 0.1) is 5.92 Å². The number of ether oxygens (including phenoxy) is 1. The van der Waals surface area contributed by atoms with E-state index in [1.54, 1.807) is 0 Å². The molecule has 1 saturated carbocycles. The van der Waals surface area contributed by atoms with Gasteiger partial charge >= 0.3 is 0 Å². The lowest BCUT2D eigenvalue weighted by Crippen LogP contribution is -2.21. The van der Waals surface area contributed by atoms with Crippen LogP contribution in [0, 0.1) is 5.92 Å². The van der Waals surface area contributed by atoms with Gasteiger partial charge in [0.25, 0.3) is 0 Å². The molecule has 5 nitrogen and oxygen atoms in total. The molecule has 5 heteroatoms. The molecule has 0 amide bonds. The first kappa shape index (κ1) is 11.9. The van der Waals surface area contributed by atoms with Crippen LogP contribution in [0.1, 0.15) is 62.8 Å². The average molecular weight is 263 g/mol. The highest BCUT2D eigenvalue weighted by molar-refractivity contribution is 5.11. The molecule has 3 fully saturated rings. The predicted molar refractivity (Wildman–Crippen MR) is 68.7 cm³/mol. The fourth-order valence-electron chi connectivity index (χ4n) is 3.61. The van der Waals surface area contributed by atoms with Crippen LogP contribution >= 0.6 is 0 Å². The van der Waals surface area contributed by atoms with Gasteiger partial charge in [0.15, 0.2) is 0 Å². The second-order valence-electron chi connectivity index (χ2n) is 6.09. The standard InChI is InChI=1S/C14H21N3O2/c1-2-18-12(8-3-4-8)13-16-14(19-17-13)10-7-9-5-6-11(10)15-9/h8-12,15H,2-7H2,1H3. The van der Waals surface area contributed by atoms with Crippen molar-refractivity contribution >= 4 is 0 Å². The maximum Gasteiger partial charge on any atom is 0.231 e. The highest BCUT2D eigenvalue weighted by atomic mass is 16.5. The molecular formula is C14H21N3O2. The van der Waals surface area contributed by atoms with Crippen LogP contribution in [0.5, 0.6) is 0 Å². The molecule has 4 atom stereocenters. The maximum atomic E-state index is 5.79. The van der Waals surface area contributed by atoms with E-state index in [0.717, 1.165) is 18.1 Å². The van der Waals surface area contributed by atoms with Gasteiger partial charge < -0.3 is 14.6 Å². The molecule has 1 N–H and O–H groups in total. The lowest BCUT2D eigenvalue weighted by Gasteiger charge is -2.15. The summed E-state index contributed by atoms with van der Waals surface area (Å²) in [5.41, 5.74) is 0. The van der Waals surface area contributed by atoms with Crippen LogP contribution in [-0.4, -0.2) is 28.8 Å². The van der Waals surface area contributed by atoms with Crippen LogP contribution in [0.4, 0.5) is 0 Å². The SMILES string of the molecule is CCOC(c1noc(C2CC3CCC2N3)n1)C1CC1. The smallest absolute Gasteiger partial charge is 0.231 e. The number of rotatable bonds is 5. The zero-order chi connectivity index (χ0) is 12.8.